The van der Waals surface area contributed by atoms with Crippen LogP contribution >= 0.6 is 0 Å². The number of rotatable bonds is 4. The monoisotopic (exact) mass is 247 g/mol. The van der Waals surface area contributed by atoms with Crippen LogP contribution in [0.1, 0.15) is 38.3 Å². The van der Waals surface area contributed by atoms with E-state index in [1.165, 1.54) is 31.5 Å². The molecule has 1 unspecified atom stereocenters. The summed E-state index contributed by atoms with van der Waals surface area (Å²) in [4.78, 5) is 9.19. The van der Waals surface area contributed by atoms with Crippen molar-refractivity contribution in [1.29, 1.82) is 0 Å². The van der Waals surface area contributed by atoms with Crippen LogP contribution in [0.4, 0.5) is 5.82 Å². The fraction of sp³-hybridized carbons (Fsp3) is 0.667. The fourth-order valence-corrected chi connectivity index (χ4v) is 2.75. The minimum Gasteiger partial charge on any atom is -0.363 e. The van der Waals surface area contributed by atoms with Crippen LogP contribution in [0.2, 0.25) is 0 Å². The summed E-state index contributed by atoms with van der Waals surface area (Å²) in [6.45, 7) is 7.02. The zero-order chi connectivity index (χ0) is 13.1. The van der Waals surface area contributed by atoms with Gasteiger partial charge in [-0.3, -0.25) is 4.90 Å². The highest BCUT2D eigenvalue weighted by molar-refractivity contribution is 5.37. The van der Waals surface area contributed by atoms with Crippen molar-refractivity contribution in [2.24, 2.45) is 5.92 Å². The van der Waals surface area contributed by atoms with Gasteiger partial charge in [0.05, 0.1) is 0 Å². The smallest absolute Gasteiger partial charge is 0.127 e. The maximum absolute atomic E-state index is 4.54. The first-order valence-electron chi connectivity index (χ1n) is 6.95. The first-order chi connectivity index (χ1) is 8.58. The number of nitrogens with zero attached hydrogens (tertiary/aromatic N) is 3. The van der Waals surface area contributed by atoms with Gasteiger partial charge in [-0.1, -0.05) is 19.9 Å². The van der Waals surface area contributed by atoms with Crippen molar-refractivity contribution in [1.82, 2.24) is 9.88 Å². The summed E-state index contributed by atoms with van der Waals surface area (Å²) in [5, 5.41) is 0. The highest BCUT2D eigenvalue weighted by Crippen LogP contribution is 2.32. The average molecular weight is 247 g/mol. The van der Waals surface area contributed by atoms with Gasteiger partial charge in [0.15, 0.2) is 0 Å². The third kappa shape index (κ3) is 3.02. The lowest BCUT2D eigenvalue weighted by atomic mass is 10.1. The lowest BCUT2D eigenvalue weighted by Crippen LogP contribution is -2.27. The molecule has 1 aromatic rings. The molecular formula is C15H25N3. The molecule has 0 amide bonds. The number of pyridine rings is 1. The van der Waals surface area contributed by atoms with E-state index >= 15 is 0 Å². The summed E-state index contributed by atoms with van der Waals surface area (Å²) in [5.41, 5.74) is 1.37. The van der Waals surface area contributed by atoms with Crippen LogP contribution in [0.15, 0.2) is 18.3 Å². The summed E-state index contributed by atoms with van der Waals surface area (Å²) in [6.07, 6.45) is 4.64. The summed E-state index contributed by atoms with van der Waals surface area (Å²) < 4.78 is 0. The molecule has 1 saturated heterocycles. The third-order valence-corrected chi connectivity index (χ3v) is 3.58. The Hall–Kier alpha value is -1.09. The standard InChI is InChI=1S/C15H25N3/c1-12(2)11-18-9-5-6-14(18)13-7-8-15(16-10-13)17(3)4/h7-8,10,12,14H,5-6,9,11H2,1-4H3. The Labute approximate surface area is 111 Å². The molecule has 1 aliphatic rings. The molecule has 0 N–H and O–H groups in total. The van der Waals surface area contributed by atoms with Crippen molar-refractivity contribution >= 4 is 5.82 Å². The molecule has 1 aromatic heterocycles. The predicted molar refractivity (Wildman–Crippen MR) is 77.0 cm³/mol. The Morgan fingerprint density at radius 1 is 1.39 bits per heavy atom. The van der Waals surface area contributed by atoms with E-state index in [9.17, 15) is 0 Å². The molecule has 1 atom stereocenters. The van der Waals surface area contributed by atoms with Gasteiger partial charge < -0.3 is 4.90 Å². The Balaban J connectivity index is 2.10. The first kappa shape index (κ1) is 13.3. The topological polar surface area (TPSA) is 19.4 Å². The molecule has 0 saturated carbocycles. The summed E-state index contributed by atoms with van der Waals surface area (Å²) in [5.74, 6) is 1.77. The van der Waals surface area contributed by atoms with Crippen LogP contribution in [0, 0.1) is 5.92 Å². The zero-order valence-corrected chi connectivity index (χ0v) is 12.1. The number of aromatic nitrogens is 1. The zero-order valence-electron chi connectivity index (χ0n) is 12.1. The molecule has 2 rings (SSSR count). The summed E-state index contributed by atoms with van der Waals surface area (Å²) in [6, 6.07) is 4.95. The molecule has 0 bridgehead atoms. The molecule has 3 nitrogen and oxygen atoms in total. The fourth-order valence-electron chi connectivity index (χ4n) is 2.75. The van der Waals surface area contributed by atoms with E-state index in [4.69, 9.17) is 0 Å². The van der Waals surface area contributed by atoms with Gasteiger partial charge in [0, 0.05) is 32.9 Å². The second-order valence-electron chi connectivity index (χ2n) is 5.89. The minimum absolute atomic E-state index is 0.580. The third-order valence-electron chi connectivity index (χ3n) is 3.58. The Kier molecular flexibility index (Phi) is 4.23. The lowest BCUT2D eigenvalue weighted by molar-refractivity contribution is 0.228. The molecule has 18 heavy (non-hydrogen) atoms. The molecule has 3 heteroatoms. The van der Waals surface area contributed by atoms with Crippen LogP contribution in [-0.2, 0) is 0 Å². The van der Waals surface area contributed by atoms with Crippen molar-refractivity contribution in [2.45, 2.75) is 32.7 Å². The van der Waals surface area contributed by atoms with Crippen LogP contribution in [0.5, 0.6) is 0 Å². The maximum atomic E-state index is 4.54. The molecule has 0 aliphatic carbocycles. The molecule has 1 aliphatic heterocycles. The SMILES string of the molecule is CC(C)CN1CCCC1c1ccc(N(C)C)nc1. The number of anilines is 1. The second kappa shape index (κ2) is 5.70. The van der Waals surface area contributed by atoms with Gasteiger partial charge in [-0.25, -0.2) is 4.98 Å². The minimum atomic E-state index is 0.580. The van der Waals surface area contributed by atoms with Crippen LogP contribution in [-0.4, -0.2) is 37.1 Å². The largest absolute Gasteiger partial charge is 0.363 e. The van der Waals surface area contributed by atoms with Crippen molar-refractivity contribution in [3.63, 3.8) is 0 Å². The van der Waals surface area contributed by atoms with Crippen LogP contribution in [0.3, 0.4) is 0 Å². The van der Waals surface area contributed by atoms with E-state index < -0.39 is 0 Å². The van der Waals surface area contributed by atoms with Gasteiger partial charge >= 0.3 is 0 Å². The first-order valence-corrected chi connectivity index (χ1v) is 6.95. The van der Waals surface area contributed by atoms with E-state index in [1.807, 2.05) is 19.0 Å². The number of hydrogen-bond donors (Lipinski definition) is 0. The van der Waals surface area contributed by atoms with Crippen molar-refractivity contribution in [2.75, 3.05) is 32.1 Å². The molecule has 2 heterocycles. The second-order valence-corrected chi connectivity index (χ2v) is 5.89. The lowest BCUT2D eigenvalue weighted by Gasteiger charge is -2.26. The van der Waals surface area contributed by atoms with Gasteiger partial charge in [0.25, 0.3) is 0 Å². The van der Waals surface area contributed by atoms with Crippen LogP contribution in [0.25, 0.3) is 0 Å². The Bertz CT molecular complexity index is 370. The average Bonchev–Trinajstić information content (AvgIpc) is 2.76. The number of likely N-dealkylation sites (tertiary alicyclic amines) is 1. The van der Waals surface area contributed by atoms with Gasteiger partial charge in [0.1, 0.15) is 5.82 Å². The quantitative estimate of drug-likeness (QED) is 0.815. The van der Waals surface area contributed by atoms with E-state index in [2.05, 4.69) is 42.1 Å². The summed E-state index contributed by atoms with van der Waals surface area (Å²) >= 11 is 0. The van der Waals surface area contributed by atoms with Gasteiger partial charge in [-0.05, 0) is 36.9 Å². The molecular weight excluding hydrogens is 222 g/mol. The van der Waals surface area contributed by atoms with E-state index in [0.717, 1.165) is 11.7 Å². The normalized spacial score (nSPS) is 20.6. The molecule has 100 valence electrons. The van der Waals surface area contributed by atoms with Crippen molar-refractivity contribution in [3.8, 4) is 0 Å². The van der Waals surface area contributed by atoms with Gasteiger partial charge in [-0.2, -0.15) is 0 Å². The highest BCUT2D eigenvalue weighted by Gasteiger charge is 2.26. The van der Waals surface area contributed by atoms with E-state index in [-0.39, 0.29) is 0 Å². The maximum Gasteiger partial charge on any atom is 0.127 e. The van der Waals surface area contributed by atoms with E-state index in [1.54, 1.807) is 0 Å². The van der Waals surface area contributed by atoms with Crippen molar-refractivity contribution < 1.29 is 0 Å². The van der Waals surface area contributed by atoms with Gasteiger partial charge in [0.2, 0.25) is 0 Å². The van der Waals surface area contributed by atoms with Gasteiger partial charge in [-0.15, -0.1) is 0 Å². The molecule has 0 aromatic carbocycles. The number of hydrogen-bond acceptors (Lipinski definition) is 3. The summed E-state index contributed by atoms with van der Waals surface area (Å²) in [7, 11) is 4.06. The molecule has 0 spiro atoms. The Morgan fingerprint density at radius 2 is 2.17 bits per heavy atom. The van der Waals surface area contributed by atoms with Crippen molar-refractivity contribution in [3.05, 3.63) is 23.9 Å². The Morgan fingerprint density at radius 3 is 2.72 bits per heavy atom. The molecule has 1 fully saturated rings. The predicted octanol–water partition coefficient (Wildman–Crippen LogP) is 2.94. The van der Waals surface area contributed by atoms with Crippen LogP contribution < -0.4 is 4.90 Å². The van der Waals surface area contributed by atoms with E-state index in [0.29, 0.717) is 6.04 Å². The molecule has 0 radical (unpaired) electrons. The highest BCUT2D eigenvalue weighted by atomic mass is 15.2.